The fourth-order valence-corrected chi connectivity index (χ4v) is 2.51. The number of amides is 2. The zero-order valence-electron chi connectivity index (χ0n) is 11.6. The Morgan fingerprint density at radius 2 is 1.90 bits per heavy atom. The highest BCUT2D eigenvalue weighted by Crippen LogP contribution is 2.23. The molecule has 1 fully saturated rings. The molecule has 0 aromatic heterocycles. The molecule has 20 heavy (non-hydrogen) atoms. The van der Waals surface area contributed by atoms with Crippen molar-refractivity contribution in [3.63, 3.8) is 0 Å². The molecule has 1 aromatic rings. The lowest BCUT2D eigenvalue weighted by molar-refractivity contribution is -0.114. The Balaban J connectivity index is 2.03. The van der Waals surface area contributed by atoms with Crippen LogP contribution < -0.4 is 10.6 Å². The van der Waals surface area contributed by atoms with Crippen molar-refractivity contribution >= 4 is 17.5 Å². The molecule has 1 aliphatic rings. The first-order chi connectivity index (χ1) is 9.56. The normalized spacial score (nSPS) is 15.7. The number of hydrogen-bond donors (Lipinski definition) is 3. The van der Waals surface area contributed by atoms with Gasteiger partial charge in [-0.05, 0) is 25.0 Å². The lowest BCUT2D eigenvalue weighted by Crippen LogP contribution is -2.36. The Hall–Kier alpha value is -2.04. The van der Waals surface area contributed by atoms with Crippen molar-refractivity contribution in [3.05, 3.63) is 23.8 Å². The Kier molecular flexibility index (Phi) is 4.61. The van der Waals surface area contributed by atoms with E-state index >= 15 is 0 Å². The Morgan fingerprint density at radius 3 is 2.50 bits per heavy atom. The number of anilines is 1. The summed E-state index contributed by atoms with van der Waals surface area (Å²) in [6, 6.07) is 4.72. The van der Waals surface area contributed by atoms with E-state index in [1.165, 1.54) is 25.5 Å². The number of rotatable bonds is 3. The van der Waals surface area contributed by atoms with Crippen molar-refractivity contribution in [2.75, 3.05) is 5.32 Å². The lowest BCUT2D eigenvalue weighted by Gasteiger charge is -2.23. The highest BCUT2D eigenvalue weighted by molar-refractivity contribution is 5.98. The van der Waals surface area contributed by atoms with Gasteiger partial charge in [0, 0.05) is 24.7 Å². The zero-order valence-corrected chi connectivity index (χ0v) is 11.6. The molecular formula is C15H20N2O3. The fraction of sp³-hybridized carbons (Fsp3) is 0.467. The molecule has 0 radical (unpaired) electrons. The molecule has 0 heterocycles. The van der Waals surface area contributed by atoms with E-state index < -0.39 is 0 Å². The summed E-state index contributed by atoms with van der Waals surface area (Å²) < 4.78 is 0. The minimum atomic E-state index is -0.260. The number of carbonyl (C=O) groups is 2. The van der Waals surface area contributed by atoms with Gasteiger partial charge in [-0.2, -0.15) is 0 Å². The van der Waals surface area contributed by atoms with Gasteiger partial charge in [0.1, 0.15) is 5.75 Å². The number of phenols is 1. The van der Waals surface area contributed by atoms with Crippen LogP contribution in [0.2, 0.25) is 0 Å². The zero-order chi connectivity index (χ0) is 14.5. The van der Waals surface area contributed by atoms with Crippen LogP contribution in [0.5, 0.6) is 5.75 Å². The molecule has 1 saturated carbocycles. The summed E-state index contributed by atoms with van der Waals surface area (Å²) >= 11 is 0. The van der Waals surface area contributed by atoms with E-state index in [0.717, 1.165) is 25.7 Å². The molecule has 5 nitrogen and oxygen atoms in total. The van der Waals surface area contributed by atoms with Crippen LogP contribution >= 0.6 is 0 Å². The van der Waals surface area contributed by atoms with Crippen LogP contribution in [-0.2, 0) is 4.79 Å². The average Bonchev–Trinajstić information content (AvgIpc) is 2.39. The van der Waals surface area contributed by atoms with Crippen LogP contribution in [0.15, 0.2) is 18.2 Å². The fourth-order valence-electron chi connectivity index (χ4n) is 2.51. The Morgan fingerprint density at radius 1 is 1.20 bits per heavy atom. The van der Waals surface area contributed by atoms with E-state index in [1.807, 2.05) is 0 Å². The maximum Gasteiger partial charge on any atom is 0.255 e. The smallest absolute Gasteiger partial charge is 0.255 e. The van der Waals surface area contributed by atoms with Crippen LogP contribution in [0.1, 0.15) is 49.4 Å². The van der Waals surface area contributed by atoms with E-state index in [0.29, 0.717) is 5.69 Å². The average molecular weight is 276 g/mol. The van der Waals surface area contributed by atoms with Crippen LogP contribution in [0.3, 0.4) is 0 Å². The second kappa shape index (κ2) is 6.41. The highest BCUT2D eigenvalue weighted by atomic mass is 16.3. The number of phenolic OH excluding ortho intramolecular Hbond substituents is 1. The van der Waals surface area contributed by atoms with E-state index in [2.05, 4.69) is 10.6 Å². The number of benzene rings is 1. The van der Waals surface area contributed by atoms with Crippen molar-refractivity contribution in [3.8, 4) is 5.75 Å². The van der Waals surface area contributed by atoms with Gasteiger partial charge in [0.2, 0.25) is 5.91 Å². The molecule has 0 spiro atoms. The van der Waals surface area contributed by atoms with E-state index in [1.54, 1.807) is 6.07 Å². The topological polar surface area (TPSA) is 78.4 Å². The third kappa shape index (κ3) is 3.73. The molecule has 108 valence electrons. The third-order valence-corrected chi connectivity index (χ3v) is 3.50. The highest BCUT2D eigenvalue weighted by Gasteiger charge is 2.18. The van der Waals surface area contributed by atoms with E-state index in [9.17, 15) is 14.7 Å². The van der Waals surface area contributed by atoms with Crippen molar-refractivity contribution in [1.82, 2.24) is 5.32 Å². The number of aromatic hydroxyl groups is 1. The molecule has 0 saturated heterocycles. The van der Waals surface area contributed by atoms with Gasteiger partial charge in [-0.1, -0.05) is 19.3 Å². The predicted molar refractivity (Wildman–Crippen MR) is 76.7 cm³/mol. The largest absolute Gasteiger partial charge is 0.507 e. The Labute approximate surface area is 118 Å². The van der Waals surface area contributed by atoms with Crippen LogP contribution in [-0.4, -0.2) is 23.0 Å². The minimum absolute atomic E-state index is 0.121. The third-order valence-electron chi connectivity index (χ3n) is 3.50. The Bertz CT molecular complexity index is 508. The molecule has 2 rings (SSSR count). The quantitative estimate of drug-likeness (QED) is 0.793. The maximum absolute atomic E-state index is 12.1. The SMILES string of the molecule is CC(=O)Nc1ccc(C(=O)NC2CCCCC2)c(O)c1. The molecule has 1 aromatic carbocycles. The predicted octanol–water partition coefficient (Wildman–Crippen LogP) is 2.41. The maximum atomic E-state index is 12.1. The van der Waals surface area contributed by atoms with Gasteiger partial charge in [-0.25, -0.2) is 0 Å². The van der Waals surface area contributed by atoms with Crippen molar-refractivity contribution in [1.29, 1.82) is 0 Å². The molecule has 2 amide bonds. The summed E-state index contributed by atoms with van der Waals surface area (Å²) in [7, 11) is 0. The van der Waals surface area contributed by atoms with Gasteiger partial charge < -0.3 is 15.7 Å². The summed E-state index contributed by atoms with van der Waals surface area (Å²) in [5.74, 6) is -0.600. The standard InChI is InChI=1S/C15H20N2O3/c1-10(18)16-12-7-8-13(14(19)9-12)15(20)17-11-5-3-2-4-6-11/h7-9,11,19H,2-6H2,1H3,(H,16,18)(H,17,20). The number of carbonyl (C=O) groups excluding carboxylic acids is 2. The van der Waals surface area contributed by atoms with Crippen LogP contribution in [0.25, 0.3) is 0 Å². The van der Waals surface area contributed by atoms with Gasteiger partial charge in [0.15, 0.2) is 0 Å². The monoisotopic (exact) mass is 276 g/mol. The molecule has 0 atom stereocenters. The van der Waals surface area contributed by atoms with Crippen LogP contribution in [0.4, 0.5) is 5.69 Å². The molecule has 0 aliphatic heterocycles. The van der Waals surface area contributed by atoms with Gasteiger partial charge in [-0.15, -0.1) is 0 Å². The van der Waals surface area contributed by atoms with E-state index in [-0.39, 0.29) is 29.2 Å². The first-order valence-corrected chi connectivity index (χ1v) is 6.98. The second-order valence-electron chi connectivity index (χ2n) is 5.22. The summed E-state index contributed by atoms with van der Waals surface area (Å²) in [6.07, 6.45) is 5.49. The first-order valence-electron chi connectivity index (χ1n) is 6.98. The summed E-state index contributed by atoms with van der Waals surface area (Å²) in [5, 5.41) is 15.4. The number of nitrogens with one attached hydrogen (secondary N) is 2. The molecule has 0 unspecified atom stereocenters. The van der Waals surface area contributed by atoms with Gasteiger partial charge in [-0.3, -0.25) is 9.59 Å². The van der Waals surface area contributed by atoms with Gasteiger partial charge in [0.05, 0.1) is 5.56 Å². The first kappa shape index (κ1) is 14.4. The van der Waals surface area contributed by atoms with Crippen molar-refractivity contribution < 1.29 is 14.7 Å². The number of hydrogen-bond acceptors (Lipinski definition) is 3. The second-order valence-corrected chi connectivity index (χ2v) is 5.22. The van der Waals surface area contributed by atoms with Crippen molar-refractivity contribution in [2.24, 2.45) is 0 Å². The van der Waals surface area contributed by atoms with Gasteiger partial charge >= 0.3 is 0 Å². The molecule has 1 aliphatic carbocycles. The molecular weight excluding hydrogens is 256 g/mol. The van der Waals surface area contributed by atoms with Gasteiger partial charge in [0.25, 0.3) is 5.91 Å². The van der Waals surface area contributed by atoms with Crippen molar-refractivity contribution in [2.45, 2.75) is 45.1 Å². The van der Waals surface area contributed by atoms with Crippen LogP contribution in [0, 0.1) is 0 Å². The van der Waals surface area contributed by atoms with E-state index in [4.69, 9.17) is 0 Å². The molecule has 0 bridgehead atoms. The summed E-state index contributed by atoms with van der Waals surface area (Å²) in [6.45, 7) is 1.39. The summed E-state index contributed by atoms with van der Waals surface area (Å²) in [4.78, 5) is 23.0. The molecule has 3 N–H and O–H groups in total. The minimum Gasteiger partial charge on any atom is -0.507 e. The lowest BCUT2D eigenvalue weighted by atomic mass is 9.95. The molecule has 5 heteroatoms. The summed E-state index contributed by atoms with van der Waals surface area (Å²) in [5.41, 5.74) is 0.717.